The molecule has 0 bridgehead atoms. The molecule has 0 fully saturated rings. The van der Waals surface area contributed by atoms with E-state index in [1.807, 2.05) is 0 Å². The fraction of sp³-hybridized carbons (Fsp3) is 0. The Labute approximate surface area is 373 Å². The fourth-order valence-corrected chi connectivity index (χ4v) is 9.79. The number of fused-ring (bicyclic) bond motifs is 6. The highest BCUT2D eigenvalue weighted by Gasteiger charge is 2.22. The van der Waals surface area contributed by atoms with Crippen LogP contribution in [0.4, 0.5) is 17.1 Å². The van der Waals surface area contributed by atoms with Gasteiger partial charge in [0.05, 0.1) is 16.7 Å². The minimum absolute atomic E-state index is 1.08. The van der Waals surface area contributed by atoms with Crippen molar-refractivity contribution in [1.82, 2.24) is 4.57 Å². The Morgan fingerprint density at radius 2 is 0.766 bits per heavy atom. The first kappa shape index (κ1) is 37.3. The first-order valence-corrected chi connectivity index (χ1v) is 22.0. The van der Waals surface area contributed by atoms with Crippen LogP contribution in [-0.2, 0) is 0 Å². The number of nitrogens with zero attached hydrogens (tertiary/aromatic N) is 2. The van der Waals surface area contributed by atoms with E-state index in [-0.39, 0.29) is 0 Å². The highest BCUT2D eigenvalue weighted by Crippen LogP contribution is 2.46. The Hall–Kier alpha value is -8.46. The van der Waals surface area contributed by atoms with E-state index in [1.165, 1.54) is 82.3 Å². The quantitative estimate of drug-likeness (QED) is 0.139. The molecule has 11 aromatic carbocycles. The number of benzene rings is 11. The van der Waals surface area contributed by atoms with Gasteiger partial charge in [-0.25, -0.2) is 0 Å². The summed E-state index contributed by atoms with van der Waals surface area (Å²) in [6.45, 7) is 0. The summed E-state index contributed by atoms with van der Waals surface area (Å²) in [4.78, 5) is 2.43. The van der Waals surface area contributed by atoms with Gasteiger partial charge in [-0.3, -0.25) is 0 Å². The monoisotopic (exact) mass is 814 g/mol. The van der Waals surface area contributed by atoms with Crippen LogP contribution in [0, 0.1) is 0 Å². The van der Waals surface area contributed by atoms with Crippen molar-refractivity contribution in [2.24, 2.45) is 0 Å². The van der Waals surface area contributed by atoms with Crippen molar-refractivity contribution in [1.29, 1.82) is 0 Å². The standard InChI is InChI=1S/C62H42N2/c1-3-16-43(17-4-1)44-30-32-45(33-31-44)46-34-38-50(39-35-46)63(51-40-36-47(37-41-51)58-42-48-18-7-8-21-52(48)53-22-9-10-23-54(53)58)59-27-13-11-24-55(59)56-26-15-29-61-62(56)57-25-12-14-28-60(57)64(61)49-19-5-2-6-20-49/h1-42H. The van der Waals surface area contributed by atoms with Gasteiger partial charge in [-0.1, -0.05) is 194 Å². The molecule has 1 aromatic heterocycles. The van der Waals surface area contributed by atoms with Crippen molar-refractivity contribution in [2.45, 2.75) is 0 Å². The third-order valence-electron chi connectivity index (χ3n) is 12.8. The molecule has 2 nitrogen and oxygen atoms in total. The summed E-state index contributed by atoms with van der Waals surface area (Å²) in [6.07, 6.45) is 0. The van der Waals surface area contributed by atoms with Crippen molar-refractivity contribution in [3.63, 3.8) is 0 Å². The lowest BCUT2D eigenvalue weighted by atomic mass is 9.93. The first-order valence-electron chi connectivity index (χ1n) is 22.0. The lowest BCUT2D eigenvalue weighted by Gasteiger charge is -2.28. The molecule has 0 radical (unpaired) electrons. The number of anilines is 3. The molecule has 12 aromatic rings. The molecule has 0 aliphatic carbocycles. The van der Waals surface area contributed by atoms with Crippen LogP contribution in [0.3, 0.4) is 0 Å². The molecule has 300 valence electrons. The van der Waals surface area contributed by atoms with E-state index in [0.717, 1.165) is 28.3 Å². The smallest absolute Gasteiger partial charge is 0.0547 e. The normalized spacial score (nSPS) is 11.4. The first-order chi connectivity index (χ1) is 31.8. The van der Waals surface area contributed by atoms with E-state index in [4.69, 9.17) is 0 Å². The maximum Gasteiger partial charge on any atom is 0.0547 e. The van der Waals surface area contributed by atoms with Crippen molar-refractivity contribution >= 4 is 60.4 Å². The second-order valence-corrected chi connectivity index (χ2v) is 16.5. The van der Waals surface area contributed by atoms with Gasteiger partial charge in [0.15, 0.2) is 0 Å². The van der Waals surface area contributed by atoms with Crippen LogP contribution in [0.2, 0.25) is 0 Å². The van der Waals surface area contributed by atoms with E-state index >= 15 is 0 Å². The Bertz CT molecular complexity index is 3620. The lowest BCUT2D eigenvalue weighted by Crippen LogP contribution is -2.11. The zero-order valence-electron chi connectivity index (χ0n) is 35.1. The Morgan fingerprint density at radius 1 is 0.281 bits per heavy atom. The topological polar surface area (TPSA) is 8.17 Å². The van der Waals surface area contributed by atoms with Crippen LogP contribution < -0.4 is 4.90 Å². The molecule has 1 heterocycles. The van der Waals surface area contributed by atoms with Gasteiger partial charge in [-0.05, 0) is 121 Å². The van der Waals surface area contributed by atoms with Gasteiger partial charge >= 0.3 is 0 Å². The average molecular weight is 815 g/mol. The van der Waals surface area contributed by atoms with Crippen LogP contribution in [0.15, 0.2) is 255 Å². The molecule has 0 amide bonds. The molecule has 0 spiro atoms. The largest absolute Gasteiger partial charge is 0.310 e. The van der Waals surface area contributed by atoms with Crippen LogP contribution >= 0.6 is 0 Å². The highest BCUT2D eigenvalue weighted by atomic mass is 15.1. The van der Waals surface area contributed by atoms with E-state index in [2.05, 4.69) is 264 Å². The van der Waals surface area contributed by atoms with E-state index < -0.39 is 0 Å². The predicted octanol–water partition coefficient (Wildman–Crippen LogP) is 17.2. The van der Waals surface area contributed by atoms with Crippen molar-refractivity contribution in [3.8, 4) is 50.2 Å². The van der Waals surface area contributed by atoms with Gasteiger partial charge < -0.3 is 9.47 Å². The Morgan fingerprint density at radius 3 is 1.47 bits per heavy atom. The summed E-state index contributed by atoms with van der Waals surface area (Å²) < 4.78 is 2.40. The molecule has 0 unspecified atom stereocenters. The lowest BCUT2D eigenvalue weighted by molar-refractivity contribution is 1.18. The van der Waals surface area contributed by atoms with E-state index in [9.17, 15) is 0 Å². The van der Waals surface area contributed by atoms with Gasteiger partial charge in [0.1, 0.15) is 0 Å². The van der Waals surface area contributed by atoms with Gasteiger partial charge in [-0.2, -0.15) is 0 Å². The van der Waals surface area contributed by atoms with E-state index in [0.29, 0.717) is 0 Å². The third-order valence-corrected chi connectivity index (χ3v) is 12.8. The minimum atomic E-state index is 1.08. The van der Waals surface area contributed by atoms with Gasteiger partial charge in [0.25, 0.3) is 0 Å². The number of para-hydroxylation sites is 3. The van der Waals surface area contributed by atoms with E-state index in [1.54, 1.807) is 0 Å². The van der Waals surface area contributed by atoms with Crippen LogP contribution in [0.5, 0.6) is 0 Å². The molecular weight excluding hydrogens is 773 g/mol. The average Bonchev–Trinajstić information content (AvgIpc) is 3.72. The molecule has 12 rings (SSSR count). The maximum atomic E-state index is 2.43. The Kier molecular flexibility index (Phi) is 9.20. The summed E-state index contributed by atoms with van der Waals surface area (Å²) in [7, 11) is 0. The number of aromatic nitrogens is 1. The summed E-state index contributed by atoms with van der Waals surface area (Å²) in [5.74, 6) is 0. The number of hydrogen-bond acceptors (Lipinski definition) is 1. The predicted molar refractivity (Wildman–Crippen MR) is 272 cm³/mol. The maximum absolute atomic E-state index is 2.43. The third kappa shape index (κ3) is 6.44. The van der Waals surface area contributed by atoms with Gasteiger partial charge in [-0.15, -0.1) is 0 Å². The summed E-state index contributed by atoms with van der Waals surface area (Å²) in [6, 6.07) is 92.6. The minimum Gasteiger partial charge on any atom is -0.310 e. The molecule has 0 saturated carbocycles. The zero-order chi connectivity index (χ0) is 42.4. The molecule has 0 saturated heterocycles. The van der Waals surface area contributed by atoms with Crippen LogP contribution in [0.1, 0.15) is 0 Å². The molecule has 0 aliphatic rings. The summed E-state index contributed by atoms with van der Waals surface area (Å²) >= 11 is 0. The molecule has 0 N–H and O–H groups in total. The van der Waals surface area contributed by atoms with Gasteiger partial charge in [0.2, 0.25) is 0 Å². The zero-order valence-corrected chi connectivity index (χ0v) is 35.1. The van der Waals surface area contributed by atoms with Crippen molar-refractivity contribution < 1.29 is 0 Å². The van der Waals surface area contributed by atoms with Crippen molar-refractivity contribution in [2.75, 3.05) is 4.90 Å². The van der Waals surface area contributed by atoms with Crippen LogP contribution in [-0.4, -0.2) is 4.57 Å². The van der Waals surface area contributed by atoms with Crippen LogP contribution in [0.25, 0.3) is 93.5 Å². The second-order valence-electron chi connectivity index (χ2n) is 16.5. The van der Waals surface area contributed by atoms with Crippen molar-refractivity contribution in [3.05, 3.63) is 255 Å². The summed E-state index contributed by atoms with van der Waals surface area (Å²) in [5, 5.41) is 7.52. The summed E-state index contributed by atoms with van der Waals surface area (Å²) in [5.41, 5.74) is 16.4. The second kappa shape index (κ2) is 15.8. The molecule has 0 aliphatic heterocycles. The molecule has 2 heteroatoms. The Balaban J connectivity index is 1.02. The molecule has 0 atom stereocenters. The SMILES string of the molecule is c1ccc(-c2ccc(-c3ccc(N(c4ccc(-c5cc6ccccc6c6ccccc56)cc4)c4ccccc4-c4cccc5c4c4ccccc4n5-c4ccccc4)cc3)cc2)cc1. The fourth-order valence-electron chi connectivity index (χ4n) is 9.79. The molecule has 64 heavy (non-hydrogen) atoms. The number of hydrogen-bond donors (Lipinski definition) is 0. The van der Waals surface area contributed by atoms with Gasteiger partial charge in [0, 0.05) is 33.4 Å². The highest BCUT2D eigenvalue weighted by molar-refractivity contribution is 6.17. The number of rotatable bonds is 8. The molecular formula is C62H42N2.